The highest BCUT2D eigenvalue weighted by Crippen LogP contribution is 2.32. The number of carbonyl (C=O) groups excluding carboxylic acids is 3. The fraction of sp³-hybridized carbons (Fsp3) is 0.167. The normalized spacial score (nSPS) is 13.6. The van der Waals surface area contributed by atoms with Crippen LogP contribution in [0.2, 0.25) is 0 Å². The lowest BCUT2D eigenvalue weighted by Crippen LogP contribution is -2.50. The second-order valence-corrected chi connectivity index (χ2v) is 16.4. The number of rotatable bonds is 10. The second-order valence-electron chi connectivity index (χ2n) is 16.4. The molecule has 23 nitrogen and oxygen atoms in total. The zero-order valence-electron chi connectivity index (χ0n) is 38.4. The van der Waals surface area contributed by atoms with Crippen LogP contribution in [-0.4, -0.2) is 156 Å². The molecule has 0 radical (unpaired) electrons. The molecule has 25 heteroatoms. The molecule has 12 rings (SSSR count). The molecular formula is C48H42F2N18O5. The summed E-state index contributed by atoms with van der Waals surface area (Å²) in [6, 6.07) is 20.2. The molecule has 0 aliphatic carbocycles. The maximum Gasteiger partial charge on any atom is 0.377 e. The molecule has 1 amide bonds. The minimum atomic E-state index is -1.66. The van der Waals surface area contributed by atoms with Crippen molar-refractivity contribution in [1.82, 2.24) is 80.5 Å². The predicted octanol–water partition coefficient (Wildman–Crippen LogP) is 4.24. The largest absolute Gasteiger partial charge is 0.475 e. The first-order valence-electron chi connectivity index (χ1n) is 22.7. The summed E-state index contributed by atoms with van der Waals surface area (Å²) in [7, 11) is 0. The number of carboxylic acids is 1. The Morgan fingerprint density at radius 1 is 0.575 bits per heavy atom. The van der Waals surface area contributed by atoms with Gasteiger partial charge in [-0.25, -0.2) is 32.9 Å². The second kappa shape index (κ2) is 20.7. The number of aromatic nitrogens is 14. The number of carbonyl (C=O) groups is 4. The Bertz CT molecular complexity index is 3540. The third kappa shape index (κ3) is 9.49. The Hall–Kier alpha value is -9.78. The highest BCUT2D eigenvalue weighted by atomic mass is 19.1. The molecule has 10 heterocycles. The summed E-state index contributed by atoms with van der Waals surface area (Å²) < 4.78 is 31.2. The highest BCUT2D eigenvalue weighted by molar-refractivity contribution is 6.45. The summed E-state index contributed by atoms with van der Waals surface area (Å²) in [6.45, 7) is 5.92. The summed E-state index contributed by atoms with van der Waals surface area (Å²) in [4.78, 5) is 68.0. The van der Waals surface area contributed by atoms with Crippen molar-refractivity contribution in [2.75, 3.05) is 62.2 Å². The van der Waals surface area contributed by atoms with Crippen LogP contribution < -0.4 is 15.1 Å². The van der Waals surface area contributed by atoms with E-state index in [1.54, 1.807) is 12.4 Å². The van der Waals surface area contributed by atoms with Gasteiger partial charge in [0.1, 0.15) is 0 Å². The van der Waals surface area contributed by atoms with Crippen LogP contribution in [0, 0.1) is 11.6 Å². The van der Waals surface area contributed by atoms with E-state index in [-0.39, 0.29) is 44.6 Å². The molecule has 10 aromatic rings. The van der Waals surface area contributed by atoms with Gasteiger partial charge in [-0.05, 0) is 0 Å². The maximum absolute atomic E-state index is 14.7. The number of nitrogens with zero attached hydrogens (tertiary/aromatic N) is 13. The van der Waals surface area contributed by atoms with Gasteiger partial charge in [-0.15, -0.1) is 10.2 Å². The Balaban J connectivity index is 0.000000139. The van der Waals surface area contributed by atoms with Gasteiger partial charge in [-0.3, -0.25) is 24.6 Å². The lowest BCUT2D eigenvalue weighted by Gasteiger charge is -2.35. The fourth-order valence-corrected chi connectivity index (χ4v) is 8.64. The van der Waals surface area contributed by atoms with Crippen molar-refractivity contribution < 1.29 is 33.1 Å². The molecule has 0 spiro atoms. The number of Topliss-reactive ketones (excluding diaryl/α,β-unsaturated/α-hetero) is 2. The molecule has 2 fully saturated rings. The highest BCUT2D eigenvalue weighted by Gasteiger charge is 2.31. The molecule has 8 aromatic heterocycles. The number of benzene rings is 2. The van der Waals surface area contributed by atoms with Crippen LogP contribution in [0.4, 0.5) is 20.2 Å². The number of amides is 1. The van der Waals surface area contributed by atoms with E-state index in [2.05, 4.69) is 100 Å². The van der Waals surface area contributed by atoms with Crippen LogP contribution in [0.25, 0.3) is 56.0 Å². The number of ketones is 2. The number of pyridine rings is 2. The summed E-state index contributed by atoms with van der Waals surface area (Å²) in [6.07, 6.45) is 14.0. The lowest BCUT2D eigenvalue weighted by molar-refractivity contribution is -0.131. The minimum Gasteiger partial charge on any atom is -0.475 e. The SMILES string of the molecule is O=C(C(=O)N1CCN(c2cn[nH]c2-c2ccccc2)CC1)c1c[nH]c2c(-n3ccnn3)ncc(F)c12.O=C(O)C(=O)c1c[nH]c2c(-n3ccnn3)ncc(F)c12.c1ccc(-c2[nH]ncc2N2CCNCC2)cc1. The van der Waals surface area contributed by atoms with E-state index < -0.39 is 35.1 Å². The van der Waals surface area contributed by atoms with Gasteiger partial charge in [0.05, 0.1) is 105 Å². The smallest absolute Gasteiger partial charge is 0.377 e. The van der Waals surface area contributed by atoms with E-state index in [4.69, 9.17) is 5.11 Å². The summed E-state index contributed by atoms with van der Waals surface area (Å²) in [5.74, 6) is -5.33. The molecule has 0 saturated carbocycles. The number of nitrogens with one attached hydrogen (secondary N) is 5. The average Bonchev–Trinajstić information content (AvgIpc) is 4.30. The Morgan fingerprint density at radius 2 is 1.04 bits per heavy atom. The minimum absolute atomic E-state index is 0.00149. The molecule has 0 atom stereocenters. The molecule has 2 aliphatic rings. The van der Waals surface area contributed by atoms with Gasteiger partial charge in [0.2, 0.25) is 0 Å². The first kappa shape index (κ1) is 46.9. The first-order chi connectivity index (χ1) is 35.7. The predicted molar refractivity (Wildman–Crippen MR) is 260 cm³/mol. The zero-order chi connectivity index (χ0) is 50.4. The van der Waals surface area contributed by atoms with E-state index in [9.17, 15) is 28.0 Å². The van der Waals surface area contributed by atoms with Crippen molar-refractivity contribution >= 4 is 56.6 Å². The number of hydrogen-bond donors (Lipinski definition) is 6. The first-order valence-corrected chi connectivity index (χ1v) is 22.7. The van der Waals surface area contributed by atoms with Gasteiger partial charge in [0, 0.05) is 75.9 Å². The number of aliphatic carboxylic acids is 1. The molecule has 6 N–H and O–H groups in total. The number of aromatic amines is 4. The number of hydrogen-bond acceptors (Lipinski definition) is 15. The molecule has 2 saturated heterocycles. The molecule has 2 aromatic carbocycles. The van der Waals surface area contributed by atoms with E-state index in [1.165, 1.54) is 50.3 Å². The van der Waals surface area contributed by atoms with Crippen LogP contribution in [-0.2, 0) is 9.59 Å². The number of H-pyrrole nitrogens is 4. The van der Waals surface area contributed by atoms with Crippen LogP contribution >= 0.6 is 0 Å². The summed E-state index contributed by atoms with van der Waals surface area (Å²) >= 11 is 0. The maximum atomic E-state index is 14.7. The molecule has 2 aliphatic heterocycles. The van der Waals surface area contributed by atoms with Gasteiger partial charge >= 0.3 is 5.97 Å². The monoisotopic (exact) mass is 988 g/mol. The van der Waals surface area contributed by atoms with Crippen LogP contribution in [0.5, 0.6) is 0 Å². The van der Waals surface area contributed by atoms with E-state index in [0.717, 1.165) is 67.4 Å². The van der Waals surface area contributed by atoms with Gasteiger partial charge in [-0.1, -0.05) is 71.1 Å². The number of anilines is 2. The molecule has 368 valence electrons. The van der Waals surface area contributed by atoms with Crippen molar-refractivity contribution in [3.05, 3.63) is 145 Å². The fourth-order valence-electron chi connectivity index (χ4n) is 8.64. The Kier molecular flexibility index (Phi) is 13.3. The van der Waals surface area contributed by atoms with Crippen molar-refractivity contribution in [3.8, 4) is 34.2 Å². The third-order valence-corrected chi connectivity index (χ3v) is 12.2. The number of fused-ring (bicyclic) bond motifs is 2. The number of halogens is 2. The Labute approximate surface area is 410 Å². The van der Waals surface area contributed by atoms with Gasteiger partial charge in [0.15, 0.2) is 23.3 Å². The number of piperazine rings is 2. The third-order valence-electron chi connectivity index (χ3n) is 12.2. The van der Waals surface area contributed by atoms with E-state index in [1.807, 2.05) is 42.6 Å². The average molecular weight is 989 g/mol. The van der Waals surface area contributed by atoms with Crippen LogP contribution in [0.1, 0.15) is 20.7 Å². The van der Waals surface area contributed by atoms with Gasteiger partial charge in [0.25, 0.3) is 17.5 Å². The van der Waals surface area contributed by atoms with E-state index >= 15 is 0 Å². The molecule has 73 heavy (non-hydrogen) atoms. The van der Waals surface area contributed by atoms with Gasteiger partial charge in [-0.2, -0.15) is 10.2 Å². The van der Waals surface area contributed by atoms with Crippen molar-refractivity contribution in [2.45, 2.75) is 0 Å². The van der Waals surface area contributed by atoms with Crippen molar-refractivity contribution in [3.63, 3.8) is 0 Å². The zero-order valence-corrected chi connectivity index (χ0v) is 38.4. The van der Waals surface area contributed by atoms with Crippen molar-refractivity contribution in [2.24, 2.45) is 0 Å². The summed E-state index contributed by atoms with van der Waals surface area (Å²) in [5.41, 5.74) is 6.48. The summed E-state index contributed by atoms with van der Waals surface area (Å²) in [5, 5.41) is 41.4. The lowest BCUT2D eigenvalue weighted by atomic mass is 10.1. The van der Waals surface area contributed by atoms with Crippen molar-refractivity contribution in [1.29, 1.82) is 0 Å². The van der Waals surface area contributed by atoms with Crippen LogP contribution in [0.15, 0.2) is 123 Å². The van der Waals surface area contributed by atoms with Crippen LogP contribution in [0.3, 0.4) is 0 Å². The number of carboxylic acid groups (broad SMARTS) is 1. The van der Waals surface area contributed by atoms with Gasteiger partial charge < -0.3 is 35.1 Å². The quantitative estimate of drug-likeness (QED) is 0.0825. The molecule has 0 unspecified atom stereocenters. The molecule has 0 bridgehead atoms. The molecular weight excluding hydrogens is 947 g/mol. The standard InChI is InChI=1S/C24H20FN9O2.C13H16N4.C11H6FN5O3/c25-17-13-27-23(34-7-6-28-31-34)21-19(17)16(12-26-21)22(35)24(36)33-10-8-32(9-11-33)18-14-29-30-20(18)15-4-2-1-3-5-15;1-2-4-11(5-3-1)13-12(10-15-16-13)17-8-6-14-7-9-17;12-6-4-14-10(17-2-1-15-16-17)8-7(6)5(3-13-8)9(18)11(19)20/h1-7,12-14,26H,8-11H2,(H,29,30);1-5,10,14H,6-9H2,(H,15,16);1-4,13H,(H,19,20). The Morgan fingerprint density at radius 3 is 1.49 bits per heavy atom. The van der Waals surface area contributed by atoms with E-state index in [0.29, 0.717) is 26.2 Å². The topological polar surface area (TPSA) is 286 Å².